The lowest BCUT2D eigenvalue weighted by Gasteiger charge is -2.20. The monoisotopic (exact) mass is 208 g/mol. The summed E-state index contributed by atoms with van der Waals surface area (Å²) in [6.45, 7) is 5.77. The van der Waals surface area contributed by atoms with Crippen molar-refractivity contribution in [2.24, 2.45) is 5.41 Å². The van der Waals surface area contributed by atoms with Crippen LogP contribution in [0.1, 0.15) is 32.8 Å². The fraction of sp³-hybridized carbons (Fsp3) is 0.462. The van der Waals surface area contributed by atoms with Crippen LogP contribution in [0, 0.1) is 11.2 Å². The second-order valence-corrected chi connectivity index (χ2v) is 4.43. The average molecular weight is 208 g/mol. The highest BCUT2D eigenvalue weighted by atomic mass is 19.1. The Kier molecular flexibility index (Phi) is 3.61. The summed E-state index contributed by atoms with van der Waals surface area (Å²) in [5.41, 5.74) is 0.131. The van der Waals surface area contributed by atoms with Gasteiger partial charge in [0.05, 0.1) is 0 Å². The van der Waals surface area contributed by atoms with E-state index in [4.69, 9.17) is 0 Å². The minimum absolute atomic E-state index is 0.0927. The summed E-state index contributed by atoms with van der Waals surface area (Å²) < 4.78 is 13.3. The molecule has 0 amide bonds. The number of benzene rings is 1. The van der Waals surface area contributed by atoms with Gasteiger partial charge in [-0.2, -0.15) is 0 Å². The fourth-order valence-electron chi connectivity index (χ4n) is 1.25. The summed E-state index contributed by atoms with van der Waals surface area (Å²) in [7, 11) is 0. The van der Waals surface area contributed by atoms with Crippen molar-refractivity contribution < 1.29 is 9.18 Å². The molecule has 1 aromatic rings. The van der Waals surface area contributed by atoms with Crippen molar-refractivity contribution in [2.45, 2.75) is 33.6 Å². The molecule has 0 aliphatic rings. The molecule has 0 saturated heterocycles. The van der Waals surface area contributed by atoms with E-state index in [1.54, 1.807) is 18.2 Å². The zero-order valence-corrected chi connectivity index (χ0v) is 9.51. The van der Waals surface area contributed by atoms with E-state index in [0.29, 0.717) is 5.56 Å². The van der Waals surface area contributed by atoms with Crippen LogP contribution in [-0.4, -0.2) is 5.78 Å². The molecule has 0 atom stereocenters. The molecular weight excluding hydrogens is 191 g/mol. The van der Waals surface area contributed by atoms with Crippen LogP contribution in [0.5, 0.6) is 0 Å². The van der Waals surface area contributed by atoms with E-state index in [1.807, 2.05) is 20.8 Å². The normalized spacial score (nSPS) is 11.5. The highest BCUT2D eigenvalue weighted by Gasteiger charge is 2.25. The first-order valence-corrected chi connectivity index (χ1v) is 5.24. The molecule has 0 aromatic heterocycles. The third-order valence-electron chi connectivity index (χ3n) is 2.95. The van der Waals surface area contributed by atoms with Gasteiger partial charge in [0.25, 0.3) is 0 Å². The Morgan fingerprint density at radius 3 is 2.47 bits per heavy atom. The van der Waals surface area contributed by atoms with E-state index in [2.05, 4.69) is 0 Å². The first kappa shape index (κ1) is 11.9. The molecule has 0 radical (unpaired) electrons. The number of hydrogen-bond donors (Lipinski definition) is 0. The van der Waals surface area contributed by atoms with Crippen molar-refractivity contribution in [1.29, 1.82) is 0 Å². The first-order valence-electron chi connectivity index (χ1n) is 5.24. The van der Waals surface area contributed by atoms with Gasteiger partial charge in [0, 0.05) is 11.8 Å². The van der Waals surface area contributed by atoms with Gasteiger partial charge in [-0.05, 0) is 18.1 Å². The molecule has 2 heteroatoms. The largest absolute Gasteiger partial charge is 0.299 e. The maximum Gasteiger partial charge on any atom is 0.142 e. The Labute approximate surface area is 90.3 Å². The lowest BCUT2D eigenvalue weighted by Crippen LogP contribution is -2.25. The van der Waals surface area contributed by atoms with Crippen molar-refractivity contribution in [3.63, 3.8) is 0 Å². The van der Waals surface area contributed by atoms with Crippen molar-refractivity contribution >= 4 is 5.78 Å². The van der Waals surface area contributed by atoms with E-state index >= 15 is 0 Å². The van der Waals surface area contributed by atoms with Crippen LogP contribution in [0.15, 0.2) is 24.3 Å². The summed E-state index contributed by atoms with van der Waals surface area (Å²) in [5, 5.41) is 0. The highest BCUT2D eigenvalue weighted by Crippen LogP contribution is 2.23. The number of Topliss-reactive ketones (excluding diaryl/α,β-unsaturated/α-hetero) is 1. The Morgan fingerprint density at radius 2 is 1.93 bits per heavy atom. The van der Waals surface area contributed by atoms with Crippen molar-refractivity contribution in [3.05, 3.63) is 35.6 Å². The Hall–Kier alpha value is -1.18. The molecule has 15 heavy (non-hydrogen) atoms. The molecule has 0 bridgehead atoms. The number of halogens is 1. The first-order chi connectivity index (χ1) is 6.97. The second-order valence-electron chi connectivity index (χ2n) is 4.43. The Morgan fingerprint density at radius 1 is 1.33 bits per heavy atom. The summed E-state index contributed by atoms with van der Waals surface area (Å²) in [4.78, 5) is 11.9. The maximum absolute atomic E-state index is 13.3. The van der Waals surface area contributed by atoms with Crippen LogP contribution in [0.25, 0.3) is 0 Å². The molecule has 1 aromatic carbocycles. The van der Waals surface area contributed by atoms with Crippen molar-refractivity contribution in [1.82, 2.24) is 0 Å². The third kappa shape index (κ3) is 2.88. The van der Waals surface area contributed by atoms with Gasteiger partial charge in [-0.3, -0.25) is 4.79 Å². The predicted octanol–water partition coefficient (Wildman–Crippen LogP) is 3.37. The third-order valence-corrected chi connectivity index (χ3v) is 2.95. The number of ketones is 1. The quantitative estimate of drug-likeness (QED) is 0.741. The topological polar surface area (TPSA) is 17.1 Å². The highest BCUT2D eigenvalue weighted by molar-refractivity contribution is 5.86. The van der Waals surface area contributed by atoms with Gasteiger partial charge in [0.15, 0.2) is 0 Å². The van der Waals surface area contributed by atoms with Gasteiger partial charge in [0.2, 0.25) is 0 Å². The SMILES string of the molecule is CCC(C)(C)C(=O)Cc1ccccc1F. The van der Waals surface area contributed by atoms with Crippen molar-refractivity contribution in [3.8, 4) is 0 Å². The van der Waals surface area contributed by atoms with E-state index in [9.17, 15) is 9.18 Å². The molecule has 0 fully saturated rings. The zero-order chi connectivity index (χ0) is 11.5. The number of rotatable bonds is 4. The molecule has 0 saturated carbocycles. The molecule has 1 rings (SSSR count). The van der Waals surface area contributed by atoms with Crippen LogP contribution in [-0.2, 0) is 11.2 Å². The van der Waals surface area contributed by atoms with Crippen molar-refractivity contribution in [2.75, 3.05) is 0 Å². The lowest BCUT2D eigenvalue weighted by molar-refractivity contribution is -0.126. The standard InChI is InChI=1S/C13H17FO/c1-4-13(2,3)12(15)9-10-7-5-6-8-11(10)14/h5-8H,4,9H2,1-3H3. The minimum atomic E-state index is -0.359. The molecule has 0 spiro atoms. The zero-order valence-electron chi connectivity index (χ0n) is 9.51. The molecule has 82 valence electrons. The smallest absolute Gasteiger partial charge is 0.142 e. The van der Waals surface area contributed by atoms with Crippen LogP contribution < -0.4 is 0 Å². The van der Waals surface area contributed by atoms with Gasteiger partial charge in [0.1, 0.15) is 11.6 Å². The predicted molar refractivity (Wildman–Crippen MR) is 59.2 cm³/mol. The maximum atomic E-state index is 13.3. The summed E-state index contributed by atoms with van der Waals surface area (Å²) in [6, 6.07) is 6.44. The molecule has 0 N–H and O–H groups in total. The van der Waals surface area contributed by atoms with Gasteiger partial charge in [-0.1, -0.05) is 39.0 Å². The molecule has 0 aliphatic heterocycles. The summed E-state index contributed by atoms with van der Waals surface area (Å²) in [5.74, 6) is -0.201. The molecule has 1 nitrogen and oxygen atoms in total. The number of carbonyl (C=O) groups excluding carboxylic acids is 1. The van der Waals surface area contributed by atoms with Crippen LogP contribution in [0.4, 0.5) is 4.39 Å². The van der Waals surface area contributed by atoms with Gasteiger partial charge < -0.3 is 0 Å². The summed E-state index contributed by atoms with van der Waals surface area (Å²) >= 11 is 0. The van der Waals surface area contributed by atoms with Gasteiger partial charge in [-0.25, -0.2) is 4.39 Å². The fourth-order valence-corrected chi connectivity index (χ4v) is 1.25. The van der Waals surface area contributed by atoms with Gasteiger partial charge >= 0.3 is 0 Å². The van der Waals surface area contributed by atoms with Crippen LogP contribution >= 0.6 is 0 Å². The average Bonchev–Trinajstić information content (AvgIpc) is 2.21. The molecule has 0 heterocycles. The number of carbonyl (C=O) groups is 1. The number of hydrogen-bond acceptors (Lipinski definition) is 1. The molecular formula is C13H17FO. The summed E-state index contributed by atoms with van der Waals surface area (Å²) in [6.07, 6.45) is 0.966. The Bertz CT molecular complexity index is 355. The van der Waals surface area contributed by atoms with E-state index in [1.165, 1.54) is 6.07 Å². The lowest BCUT2D eigenvalue weighted by atomic mass is 9.82. The second kappa shape index (κ2) is 4.56. The van der Waals surface area contributed by atoms with E-state index in [0.717, 1.165) is 6.42 Å². The van der Waals surface area contributed by atoms with E-state index < -0.39 is 0 Å². The van der Waals surface area contributed by atoms with Crippen LogP contribution in [0.2, 0.25) is 0 Å². The van der Waals surface area contributed by atoms with E-state index in [-0.39, 0.29) is 23.4 Å². The van der Waals surface area contributed by atoms with Gasteiger partial charge in [-0.15, -0.1) is 0 Å². The van der Waals surface area contributed by atoms with Crippen LogP contribution in [0.3, 0.4) is 0 Å². The molecule has 0 unspecified atom stereocenters. The Balaban J connectivity index is 2.80. The molecule has 0 aliphatic carbocycles. The minimum Gasteiger partial charge on any atom is -0.299 e.